The second-order valence-corrected chi connectivity index (χ2v) is 3.12. The fourth-order valence-electron chi connectivity index (χ4n) is 1.19. The topological polar surface area (TPSA) is 60.8 Å². The molecule has 2 rings (SSSR count). The minimum Gasteiger partial charge on any atom is -0.494 e. The van der Waals surface area contributed by atoms with E-state index in [-0.39, 0.29) is 5.75 Å². The van der Waals surface area contributed by atoms with Crippen LogP contribution in [0.2, 0.25) is 0 Å². The number of benzene rings is 1. The molecule has 0 saturated heterocycles. The number of aryl methyl sites for hydroxylation is 1. The average molecular weight is 220 g/mol. The Balaban J connectivity index is 2.44. The summed E-state index contributed by atoms with van der Waals surface area (Å²) in [6.07, 6.45) is 0. The van der Waals surface area contributed by atoms with Gasteiger partial charge in [0.15, 0.2) is 17.4 Å². The van der Waals surface area contributed by atoms with Crippen LogP contribution in [0.1, 0.15) is 5.82 Å². The van der Waals surface area contributed by atoms with Gasteiger partial charge in [0.1, 0.15) is 0 Å². The van der Waals surface area contributed by atoms with E-state index in [4.69, 9.17) is 4.74 Å². The van der Waals surface area contributed by atoms with Gasteiger partial charge in [0.05, 0.1) is 7.11 Å². The summed E-state index contributed by atoms with van der Waals surface area (Å²) in [5, 5.41) is 15.3. The minimum atomic E-state index is -0.431. The summed E-state index contributed by atoms with van der Waals surface area (Å²) in [6, 6.07) is 4.34. The molecule has 0 radical (unpaired) electrons. The van der Waals surface area contributed by atoms with Gasteiger partial charge in [0, 0.05) is 5.56 Å². The third-order valence-corrected chi connectivity index (χ3v) is 1.99. The van der Waals surface area contributed by atoms with Crippen molar-refractivity contribution in [3.63, 3.8) is 0 Å². The average Bonchev–Trinajstić information content (AvgIpc) is 2.31. The largest absolute Gasteiger partial charge is 0.494 e. The van der Waals surface area contributed by atoms with Crippen molar-refractivity contribution in [2.45, 2.75) is 6.92 Å². The van der Waals surface area contributed by atoms with E-state index in [9.17, 15) is 4.39 Å². The van der Waals surface area contributed by atoms with E-state index < -0.39 is 5.82 Å². The lowest BCUT2D eigenvalue weighted by atomic mass is 10.2. The third kappa shape index (κ3) is 1.95. The Morgan fingerprint density at radius 1 is 1.12 bits per heavy atom. The van der Waals surface area contributed by atoms with E-state index in [1.165, 1.54) is 19.2 Å². The first-order valence-electron chi connectivity index (χ1n) is 4.58. The molecule has 0 bridgehead atoms. The predicted octanol–water partition coefficient (Wildman–Crippen LogP) is 1.39. The molecule has 0 aliphatic rings. The van der Waals surface area contributed by atoms with Gasteiger partial charge in [0.25, 0.3) is 0 Å². The van der Waals surface area contributed by atoms with Crippen molar-refractivity contribution in [3.8, 4) is 17.1 Å². The zero-order chi connectivity index (χ0) is 11.5. The van der Waals surface area contributed by atoms with Crippen LogP contribution >= 0.6 is 0 Å². The van der Waals surface area contributed by atoms with Crippen molar-refractivity contribution >= 4 is 0 Å². The van der Waals surface area contributed by atoms with Crippen molar-refractivity contribution in [2.24, 2.45) is 0 Å². The molecule has 2 aromatic rings. The van der Waals surface area contributed by atoms with Crippen molar-refractivity contribution < 1.29 is 9.13 Å². The Hall–Kier alpha value is -2.11. The molecule has 16 heavy (non-hydrogen) atoms. The molecule has 0 amide bonds. The molecule has 5 nitrogen and oxygen atoms in total. The molecule has 1 heterocycles. The van der Waals surface area contributed by atoms with Crippen LogP contribution in [0.15, 0.2) is 18.2 Å². The highest BCUT2D eigenvalue weighted by atomic mass is 19.1. The van der Waals surface area contributed by atoms with E-state index in [0.717, 1.165) is 0 Å². The third-order valence-electron chi connectivity index (χ3n) is 1.99. The molecule has 0 unspecified atom stereocenters. The Morgan fingerprint density at radius 3 is 2.44 bits per heavy atom. The molecule has 0 atom stereocenters. The second kappa shape index (κ2) is 4.18. The first-order valence-corrected chi connectivity index (χ1v) is 4.58. The van der Waals surface area contributed by atoms with Gasteiger partial charge in [-0.2, -0.15) is 0 Å². The van der Waals surface area contributed by atoms with Crippen molar-refractivity contribution in [1.29, 1.82) is 0 Å². The Labute approximate surface area is 91.3 Å². The highest BCUT2D eigenvalue weighted by Gasteiger charge is 2.08. The maximum absolute atomic E-state index is 13.2. The lowest BCUT2D eigenvalue weighted by Gasteiger charge is -2.03. The van der Waals surface area contributed by atoms with E-state index in [0.29, 0.717) is 17.2 Å². The van der Waals surface area contributed by atoms with Crippen LogP contribution in [0.4, 0.5) is 4.39 Å². The highest BCUT2D eigenvalue weighted by molar-refractivity contribution is 5.56. The molecule has 1 aromatic heterocycles. The van der Waals surface area contributed by atoms with Gasteiger partial charge < -0.3 is 4.74 Å². The second-order valence-electron chi connectivity index (χ2n) is 3.12. The fraction of sp³-hybridized carbons (Fsp3) is 0.200. The van der Waals surface area contributed by atoms with Gasteiger partial charge in [-0.05, 0) is 25.1 Å². The Morgan fingerprint density at radius 2 is 1.81 bits per heavy atom. The van der Waals surface area contributed by atoms with E-state index in [1.54, 1.807) is 13.0 Å². The van der Waals surface area contributed by atoms with Crippen LogP contribution in [0.3, 0.4) is 0 Å². The minimum absolute atomic E-state index is 0.140. The van der Waals surface area contributed by atoms with Crippen LogP contribution in [-0.4, -0.2) is 27.5 Å². The fourth-order valence-corrected chi connectivity index (χ4v) is 1.19. The van der Waals surface area contributed by atoms with Gasteiger partial charge in [-0.25, -0.2) is 4.39 Å². The Kier molecular flexibility index (Phi) is 2.72. The lowest BCUT2D eigenvalue weighted by Crippen LogP contribution is -1.99. The van der Waals surface area contributed by atoms with Gasteiger partial charge in [0.2, 0.25) is 5.82 Å². The molecule has 1 aromatic carbocycles. The molecule has 6 heteroatoms. The summed E-state index contributed by atoms with van der Waals surface area (Å²) >= 11 is 0. The number of methoxy groups -OCH3 is 1. The molecule has 0 aliphatic heterocycles. The normalized spacial score (nSPS) is 10.2. The maximum Gasteiger partial charge on any atom is 0.203 e. The van der Waals surface area contributed by atoms with Crippen molar-refractivity contribution in [3.05, 3.63) is 29.8 Å². The van der Waals surface area contributed by atoms with E-state index >= 15 is 0 Å². The number of ether oxygens (including phenoxy) is 1. The molecule has 0 saturated carbocycles. The highest BCUT2D eigenvalue weighted by Crippen LogP contribution is 2.23. The number of hydrogen-bond acceptors (Lipinski definition) is 5. The van der Waals surface area contributed by atoms with Gasteiger partial charge in [-0.3, -0.25) is 0 Å². The molecule has 0 spiro atoms. The van der Waals surface area contributed by atoms with Crippen LogP contribution < -0.4 is 4.74 Å². The van der Waals surface area contributed by atoms with Crippen LogP contribution in [0.5, 0.6) is 5.75 Å². The van der Waals surface area contributed by atoms with E-state index in [2.05, 4.69) is 20.4 Å². The number of nitrogens with zero attached hydrogens (tertiary/aromatic N) is 4. The summed E-state index contributed by atoms with van der Waals surface area (Å²) in [7, 11) is 1.40. The zero-order valence-corrected chi connectivity index (χ0v) is 8.81. The number of rotatable bonds is 2. The standard InChI is InChI=1S/C10H9FN4O/c1-6-12-14-10(15-13-6)7-3-4-8(11)9(5-7)16-2/h3-5H,1-2H3. The summed E-state index contributed by atoms with van der Waals surface area (Å²) in [6.45, 7) is 1.69. The maximum atomic E-state index is 13.2. The first kappa shape index (κ1) is 10.4. The molecular formula is C10H9FN4O. The van der Waals surface area contributed by atoms with Gasteiger partial charge in [-0.1, -0.05) is 0 Å². The number of hydrogen-bond donors (Lipinski definition) is 0. The van der Waals surface area contributed by atoms with Crippen molar-refractivity contribution in [1.82, 2.24) is 20.4 Å². The zero-order valence-electron chi connectivity index (χ0n) is 8.81. The predicted molar refractivity (Wildman–Crippen MR) is 54.3 cm³/mol. The quantitative estimate of drug-likeness (QED) is 0.765. The smallest absolute Gasteiger partial charge is 0.203 e. The summed E-state index contributed by atoms with van der Waals surface area (Å²) < 4.78 is 18.0. The summed E-state index contributed by atoms with van der Waals surface area (Å²) in [5.41, 5.74) is 0.609. The monoisotopic (exact) mass is 220 g/mol. The van der Waals surface area contributed by atoms with Crippen LogP contribution in [0, 0.1) is 12.7 Å². The lowest BCUT2D eigenvalue weighted by molar-refractivity contribution is 0.386. The molecule has 0 N–H and O–H groups in total. The van der Waals surface area contributed by atoms with E-state index in [1.807, 2.05) is 0 Å². The molecule has 0 aliphatic carbocycles. The van der Waals surface area contributed by atoms with Crippen LogP contribution in [-0.2, 0) is 0 Å². The van der Waals surface area contributed by atoms with Crippen molar-refractivity contribution in [2.75, 3.05) is 7.11 Å². The summed E-state index contributed by atoms with van der Waals surface area (Å²) in [4.78, 5) is 0. The summed E-state index contributed by atoms with van der Waals surface area (Å²) in [5.74, 6) is 0.530. The Bertz CT molecular complexity index is 501. The molecule has 82 valence electrons. The first-order chi connectivity index (χ1) is 7.70. The van der Waals surface area contributed by atoms with Gasteiger partial charge in [-0.15, -0.1) is 20.4 Å². The number of halogens is 1. The van der Waals surface area contributed by atoms with Gasteiger partial charge >= 0.3 is 0 Å². The molecule has 0 fully saturated rings. The molecular weight excluding hydrogens is 211 g/mol. The SMILES string of the molecule is COc1cc(-c2nnc(C)nn2)ccc1F. The van der Waals surface area contributed by atoms with Crippen LogP contribution in [0.25, 0.3) is 11.4 Å². The number of aromatic nitrogens is 4.